The van der Waals surface area contributed by atoms with Crippen molar-refractivity contribution in [1.82, 2.24) is 4.90 Å². The highest BCUT2D eigenvalue weighted by atomic mass is 16.5. The maximum atomic E-state index is 13.3. The van der Waals surface area contributed by atoms with Gasteiger partial charge in [-0.2, -0.15) is 0 Å². The van der Waals surface area contributed by atoms with Gasteiger partial charge in [0, 0.05) is 7.05 Å². The van der Waals surface area contributed by atoms with Crippen LogP contribution in [-0.4, -0.2) is 36.9 Å². The molecule has 4 rings (SSSR count). The number of ether oxygens (including phenoxy) is 2. The summed E-state index contributed by atoms with van der Waals surface area (Å²) >= 11 is 0. The van der Waals surface area contributed by atoms with Crippen molar-refractivity contribution in [3.8, 4) is 5.75 Å². The number of fused-ring (bicyclic) bond motifs is 1. The normalized spacial score (nSPS) is 33.7. The molecule has 0 N–H and O–H groups in total. The van der Waals surface area contributed by atoms with Crippen LogP contribution in [-0.2, 0) is 14.3 Å². The first-order valence-corrected chi connectivity index (χ1v) is 9.28. The summed E-state index contributed by atoms with van der Waals surface area (Å²) in [6.45, 7) is 4.40. The molecule has 0 bridgehead atoms. The summed E-state index contributed by atoms with van der Waals surface area (Å²) < 4.78 is 11.3. The Kier molecular flexibility index (Phi) is 4.05. The Balaban J connectivity index is 1.73. The molecule has 1 aliphatic carbocycles. The Bertz CT molecular complexity index is 782. The van der Waals surface area contributed by atoms with E-state index in [9.17, 15) is 9.59 Å². The number of methoxy groups -OCH3 is 1. The highest BCUT2D eigenvalue weighted by molar-refractivity contribution is 6.11. The van der Waals surface area contributed by atoms with E-state index in [1.807, 2.05) is 24.3 Å². The third kappa shape index (κ3) is 2.44. The largest absolute Gasteiger partial charge is 0.497 e. The van der Waals surface area contributed by atoms with E-state index in [2.05, 4.69) is 13.8 Å². The number of nitrogens with zero attached hydrogens (tertiary/aromatic N) is 1. The molecule has 0 spiro atoms. The predicted octanol–water partition coefficient (Wildman–Crippen LogP) is 3.11. The fourth-order valence-electron chi connectivity index (χ4n) is 4.55. The first-order valence-electron chi connectivity index (χ1n) is 9.28. The van der Waals surface area contributed by atoms with Gasteiger partial charge in [0.15, 0.2) is 11.5 Å². The molecule has 5 nitrogen and oxygen atoms in total. The fourth-order valence-corrected chi connectivity index (χ4v) is 4.55. The lowest BCUT2D eigenvalue weighted by Gasteiger charge is -2.40. The zero-order chi connectivity index (χ0) is 18.6. The summed E-state index contributed by atoms with van der Waals surface area (Å²) in [5.74, 6) is 1.75. The van der Waals surface area contributed by atoms with Crippen LogP contribution in [0.4, 0.5) is 0 Å². The molecular weight excluding hydrogens is 330 g/mol. The molecule has 1 aromatic rings. The van der Waals surface area contributed by atoms with Crippen molar-refractivity contribution in [3.05, 3.63) is 41.2 Å². The van der Waals surface area contributed by atoms with E-state index in [1.165, 1.54) is 0 Å². The minimum atomic E-state index is -0.383. The van der Waals surface area contributed by atoms with Gasteiger partial charge in [-0.15, -0.1) is 0 Å². The maximum Gasteiger partial charge on any atom is 0.289 e. The van der Waals surface area contributed by atoms with Gasteiger partial charge < -0.3 is 14.4 Å². The molecule has 0 radical (unpaired) electrons. The van der Waals surface area contributed by atoms with Gasteiger partial charge in [-0.05, 0) is 42.4 Å². The van der Waals surface area contributed by atoms with Crippen molar-refractivity contribution in [2.75, 3.05) is 14.2 Å². The average molecular weight is 355 g/mol. The monoisotopic (exact) mass is 355 g/mol. The minimum Gasteiger partial charge on any atom is -0.497 e. The molecular formula is C21H25NO4. The first kappa shape index (κ1) is 17.1. The van der Waals surface area contributed by atoms with Gasteiger partial charge in [0.2, 0.25) is 0 Å². The van der Waals surface area contributed by atoms with E-state index in [0.717, 1.165) is 24.2 Å². The highest BCUT2D eigenvalue weighted by Crippen LogP contribution is 2.48. The highest BCUT2D eigenvalue weighted by Gasteiger charge is 2.52. The number of benzene rings is 1. The van der Waals surface area contributed by atoms with Crippen LogP contribution in [0.3, 0.4) is 0 Å². The van der Waals surface area contributed by atoms with Crippen LogP contribution in [0.15, 0.2) is 35.6 Å². The molecule has 0 saturated heterocycles. The van der Waals surface area contributed by atoms with E-state index in [-0.39, 0.29) is 35.5 Å². The number of likely N-dealkylation sites (N-methyl/N-ethyl adjacent to an activating group) is 1. The summed E-state index contributed by atoms with van der Waals surface area (Å²) in [5.41, 5.74) is 1.44. The second-order valence-electron chi connectivity index (χ2n) is 7.89. The Morgan fingerprint density at radius 2 is 1.73 bits per heavy atom. The summed E-state index contributed by atoms with van der Waals surface area (Å²) in [7, 11) is 3.35. The van der Waals surface area contributed by atoms with Gasteiger partial charge in [-0.25, -0.2) is 0 Å². The SMILES string of the molecule is COc1ccc(C2C3=C(OC4CC(C)C(C)CC4C3=O)C(=O)N2C)cc1. The van der Waals surface area contributed by atoms with E-state index >= 15 is 0 Å². The summed E-state index contributed by atoms with van der Waals surface area (Å²) in [4.78, 5) is 27.7. The first-order chi connectivity index (χ1) is 12.4. The van der Waals surface area contributed by atoms with E-state index in [4.69, 9.17) is 9.47 Å². The topological polar surface area (TPSA) is 55.8 Å². The van der Waals surface area contributed by atoms with Gasteiger partial charge in [0.25, 0.3) is 5.91 Å². The van der Waals surface area contributed by atoms with Gasteiger partial charge in [-0.1, -0.05) is 26.0 Å². The predicted molar refractivity (Wildman–Crippen MR) is 96.5 cm³/mol. The van der Waals surface area contributed by atoms with Crippen LogP contribution in [0, 0.1) is 17.8 Å². The molecule has 0 aromatic heterocycles. The molecule has 1 aromatic carbocycles. The van der Waals surface area contributed by atoms with E-state index in [1.54, 1.807) is 19.1 Å². The number of hydrogen-bond donors (Lipinski definition) is 0. The molecule has 26 heavy (non-hydrogen) atoms. The van der Waals surface area contributed by atoms with Crippen LogP contribution in [0.25, 0.3) is 0 Å². The quantitative estimate of drug-likeness (QED) is 0.818. The zero-order valence-electron chi connectivity index (χ0n) is 15.7. The Morgan fingerprint density at radius 1 is 1.08 bits per heavy atom. The van der Waals surface area contributed by atoms with Crippen LogP contribution in [0.5, 0.6) is 5.75 Å². The third-order valence-corrected chi connectivity index (χ3v) is 6.37. The summed E-state index contributed by atoms with van der Waals surface area (Å²) in [5, 5.41) is 0. The molecule has 138 valence electrons. The molecule has 2 heterocycles. The van der Waals surface area contributed by atoms with Crippen LogP contribution in [0.1, 0.15) is 38.3 Å². The number of amides is 1. The van der Waals surface area contributed by atoms with Gasteiger partial charge in [0.05, 0.1) is 24.6 Å². The number of ketones is 1. The second kappa shape index (κ2) is 6.15. The maximum absolute atomic E-state index is 13.3. The van der Waals surface area contributed by atoms with Crippen molar-refractivity contribution in [3.63, 3.8) is 0 Å². The Morgan fingerprint density at radius 3 is 2.38 bits per heavy atom. The van der Waals surface area contributed by atoms with Gasteiger partial charge in [-0.3, -0.25) is 9.59 Å². The number of rotatable bonds is 2. The standard InChI is InChI=1S/C21H25NO4/c1-11-9-15-16(10-12(11)2)26-20-17(19(15)23)18(22(3)21(20)24)13-5-7-14(25-4)8-6-13/h5-8,11-12,15-16,18H,9-10H2,1-4H3. The smallest absolute Gasteiger partial charge is 0.289 e. The summed E-state index contributed by atoms with van der Waals surface area (Å²) in [6.07, 6.45) is 1.49. The molecule has 5 heteroatoms. The van der Waals surface area contributed by atoms with Crippen LogP contribution in [0.2, 0.25) is 0 Å². The number of carbonyl (C=O) groups is 2. The molecule has 2 aliphatic heterocycles. The van der Waals surface area contributed by atoms with Crippen molar-refractivity contribution in [2.45, 2.75) is 38.8 Å². The molecule has 1 amide bonds. The second-order valence-corrected chi connectivity index (χ2v) is 7.89. The molecule has 5 atom stereocenters. The molecule has 5 unspecified atom stereocenters. The van der Waals surface area contributed by atoms with Crippen molar-refractivity contribution < 1.29 is 19.1 Å². The van der Waals surface area contributed by atoms with E-state index < -0.39 is 0 Å². The summed E-state index contributed by atoms with van der Waals surface area (Å²) in [6, 6.07) is 7.15. The Labute approximate surface area is 154 Å². The number of carbonyl (C=O) groups excluding carboxylic acids is 2. The molecule has 1 saturated carbocycles. The lowest BCUT2D eigenvalue weighted by Crippen LogP contribution is -2.43. The minimum absolute atomic E-state index is 0.0912. The van der Waals surface area contributed by atoms with Gasteiger partial charge in [0.1, 0.15) is 11.9 Å². The Hall–Kier alpha value is -2.30. The van der Waals surface area contributed by atoms with Crippen LogP contribution >= 0.6 is 0 Å². The third-order valence-electron chi connectivity index (χ3n) is 6.37. The van der Waals surface area contributed by atoms with Crippen molar-refractivity contribution in [1.29, 1.82) is 0 Å². The zero-order valence-corrected chi connectivity index (χ0v) is 15.7. The number of hydrogen-bond acceptors (Lipinski definition) is 4. The molecule has 3 aliphatic rings. The van der Waals surface area contributed by atoms with Gasteiger partial charge >= 0.3 is 0 Å². The van der Waals surface area contributed by atoms with Crippen molar-refractivity contribution >= 4 is 11.7 Å². The fraction of sp³-hybridized carbons (Fsp3) is 0.524. The lowest BCUT2D eigenvalue weighted by molar-refractivity contribution is -0.136. The lowest BCUT2D eigenvalue weighted by atomic mass is 9.70. The number of Topliss-reactive ketones (excluding diaryl/α,β-unsaturated/α-hetero) is 1. The van der Waals surface area contributed by atoms with Crippen molar-refractivity contribution in [2.24, 2.45) is 17.8 Å². The average Bonchev–Trinajstić information content (AvgIpc) is 2.89. The van der Waals surface area contributed by atoms with Crippen LogP contribution < -0.4 is 4.74 Å². The van der Waals surface area contributed by atoms with E-state index in [0.29, 0.717) is 17.4 Å². The molecule has 1 fully saturated rings.